The number of hydrogen-bond acceptors (Lipinski definition) is 24. The van der Waals surface area contributed by atoms with Crippen molar-refractivity contribution in [1.82, 2.24) is 9.80 Å². The minimum atomic E-state index is -1.31. The molecule has 0 saturated carbocycles. The fraction of sp³-hybridized carbons (Fsp3) is 0.707. The number of aliphatic carboxylic acids is 20. The smallest absolute Gasteiger partial charge is 0.331 e. The van der Waals surface area contributed by atoms with Crippen LogP contribution in [0, 0.1) is 0 Å². The van der Waals surface area contributed by atoms with Gasteiger partial charge in [0, 0.05) is 89.3 Å². The summed E-state index contributed by atoms with van der Waals surface area (Å²) in [6.07, 6.45) is 27.5. The van der Waals surface area contributed by atoms with Crippen molar-refractivity contribution < 1.29 is 203 Å². The molecular formula is C75H133N3O41. The number of carboxylic acid groups (broad SMARTS) is 20. The molecule has 44 nitrogen and oxygen atoms in total. The van der Waals surface area contributed by atoms with Crippen LogP contribution in [0.5, 0.6) is 0 Å². The van der Waals surface area contributed by atoms with Gasteiger partial charge in [0.15, 0.2) is 0 Å². The molecule has 0 aromatic rings. The molecule has 0 fully saturated rings. The molecule has 0 aromatic carbocycles. The molecule has 0 amide bonds. The van der Waals surface area contributed by atoms with Crippen LogP contribution in [0.4, 0.5) is 0 Å². The molecule has 0 unspecified atom stereocenters. The highest BCUT2D eigenvalue weighted by atomic mass is 16.4. The van der Waals surface area contributed by atoms with Crippen molar-refractivity contribution in [1.29, 1.82) is 0 Å². The van der Waals surface area contributed by atoms with E-state index in [0.717, 1.165) is 177 Å². The summed E-state index contributed by atoms with van der Waals surface area (Å²) in [6.45, 7) is 4.80. The minimum absolute atomic E-state index is 0.0703. The molecular weight excluding hydrogens is 1600 g/mol. The maximum absolute atomic E-state index is 10.6. The summed E-state index contributed by atoms with van der Waals surface area (Å²) in [5.74, 6) is -19.4. The van der Waals surface area contributed by atoms with E-state index in [1.54, 1.807) is 0 Å². The summed E-state index contributed by atoms with van der Waals surface area (Å²) >= 11 is 0. The highest BCUT2D eigenvalue weighted by Gasteiger charge is 2.18. The van der Waals surface area contributed by atoms with Crippen molar-refractivity contribution in [3.63, 3.8) is 0 Å². The van der Waals surface area contributed by atoms with Gasteiger partial charge in [-0.1, -0.05) is 136 Å². The second kappa shape index (κ2) is 101. The lowest BCUT2D eigenvalue weighted by Gasteiger charge is -2.23. The van der Waals surface area contributed by atoms with Crippen LogP contribution in [-0.2, 0) is 95.9 Å². The van der Waals surface area contributed by atoms with Gasteiger partial charge in [-0.15, -0.1) is 0 Å². The molecule has 0 bridgehead atoms. The van der Waals surface area contributed by atoms with Crippen LogP contribution in [0.2, 0.25) is 0 Å². The van der Waals surface area contributed by atoms with E-state index < -0.39 is 165 Å². The van der Waals surface area contributed by atoms with Gasteiger partial charge in [-0.05, 0) is 83.6 Å². The Morgan fingerprint density at radius 2 is 0.378 bits per heavy atom. The number of carbonyl (C=O) groups is 20. The van der Waals surface area contributed by atoms with Crippen molar-refractivity contribution in [2.45, 2.75) is 290 Å². The van der Waals surface area contributed by atoms with Crippen LogP contribution in [0.15, 0.2) is 12.2 Å². The molecule has 119 heavy (non-hydrogen) atoms. The number of nitrogens with zero attached hydrogens (tertiary/aromatic N) is 2. The number of unbranched alkanes of at least 4 members (excludes halogenated alkanes) is 23. The molecule has 694 valence electrons. The van der Waals surface area contributed by atoms with Crippen molar-refractivity contribution in [2.24, 2.45) is 5.73 Å². The molecule has 0 spiro atoms. The number of hydrogen-bond donors (Lipinski definition) is 22. The van der Waals surface area contributed by atoms with E-state index in [1.807, 2.05) is 6.92 Å². The van der Waals surface area contributed by atoms with E-state index in [4.69, 9.17) is 118 Å². The summed E-state index contributed by atoms with van der Waals surface area (Å²) in [5, 5.41) is 172. The average Bonchev–Trinajstić information content (AvgIpc) is 0.939. The summed E-state index contributed by atoms with van der Waals surface area (Å²) in [5.41, 5.74) is 4.84. The SMILES string of the molecule is C=C(CC(=O)O)C(=O)O.CCCC(=O)O.CCCCN.O=C(O)CC(=O)O.O=C(O)CCCCCC(=O)O.O=C(O)CCCCCCCCC(=O)O.O=C(O)CCCCCCCCC(=O)O.O=C(O)CCCCCCCCC(=O)O.O=C(O)CCCCCCCCC(=O)O.O=C(O)CN(CCN(CC(=O)O)CC(=O)O)CC(=O)O.O=C(O)CO. The molecule has 0 rings (SSSR count). The minimum Gasteiger partial charge on any atom is -0.481 e. The highest BCUT2D eigenvalue weighted by Crippen LogP contribution is 2.12. The van der Waals surface area contributed by atoms with Gasteiger partial charge in [-0.2, -0.15) is 0 Å². The van der Waals surface area contributed by atoms with Gasteiger partial charge in [-0.3, -0.25) is 96.1 Å². The topological polar surface area (TPSA) is 799 Å². The zero-order valence-electron chi connectivity index (χ0n) is 68.3. The van der Waals surface area contributed by atoms with Crippen LogP contribution in [0.1, 0.15) is 290 Å². The van der Waals surface area contributed by atoms with E-state index in [-0.39, 0.29) is 82.9 Å². The molecule has 44 heteroatoms. The van der Waals surface area contributed by atoms with E-state index in [1.165, 1.54) is 12.8 Å². The quantitative estimate of drug-likeness (QED) is 0.0154. The lowest BCUT2D eigenvalue weighted by Crippen LogP contribution is -2.43. The Hall–Kier alpha value is -11.0. The van der Waals surface area contributed by atoms with E-state index >= 15 is 0 Å². The first-order chi connectivity index (χ1) is 55.4. The van der Waals surface area contributed by atoms with Gasteiger partial charge in [0.2, 0.25) is 0 Å². The third kappa shape index (κ3) is 180. The fourth-order valence-corrected chi connectivity index (χ4v) is 8.05. The Bertz CT molecular complexity index is 2460. The van der Waals surface area contributed by atoms with Gasteiger partial charge >= 0.3 is 119 Å². The van der Waals surface area contributed by atoms with Gasteiger partial charge in [0.1, 0.15) is 13.0 Å². The maximum Gasteiger partial charge on any atom is 0.331 e. The maximum atomic E-state index is 10.6. The van der Waals surface area contributed by atoms with Crippen LogP contribution < -0.4 is 5.73 Å². The van der Waals surface area contributed by atoms with Gasteiger partial charge in [0.05, 0.1) is 32.6 Å². The molecule has 0 atom stereocenters. The van der Waals surface area contributed by atoms with Crippen LogP contribution in [-0.4, -0.2) is 289 Å². The number of aliphatic hydroxyl groups is 1. The average molecular weight is 1730 g/mol. The fourth-order valence-electron chi connectivity index (χ4n) is 8.05. The van der Waals surface area contributed by atoms with Crippen LogP contribution >= 0.6 is 0 Å². The molecule has 0 aliphatic rings. The number of carboxylic acids is 20. The van der Waals surface area contributed by atoms with E-state index in [2.05, 4.69) is 13.5 Å². The van der Waals surface area contributed by atoms with Gasteiger partial charge < -0.3 is 113 Å². The third-order valence-electron chi connectivity index (χ3n) is 13.7. The van der Waals surface area contributed by atoms with Gasteiger partial charge in [0.25, 0.3) is 0 Å². The van der Waals surface area contributed by atoms with Crippen molar-refractivity contribution in [2.75, 3.05) is 52.4 Å². The summed E-state index contributed by atoms with van der Waals surface area (Å²) in [7, 11) is 0. The van der Waals surface area contributed by atoms with Gasteiger partial charge in [-0.25, -0.2) is 9.59 Å². The number of rotatable bonds is 63. The predicted octanol–water partition coefficient (Wildman–Crippen LogP) is 8.47. The Labute approximate surface area is 690 Å². The number of aliphatic hydroxyl groups excluding tert-OH is 1. The molecule has 0 aliphatic heterocycles. The summed E-state index contributed by atoms with van der Waals surface area (Å²) in [6, 6.07) is 0. The first kappa shape index (κ1) is 131. The standard InChI is InChI=1S/C10H16N2O8.4C10H18O4.C7H12O4.C5H6O4.C4H11N.C4H8O2.C3H4O4.C2H4O3/c13-7(14)3-11(4-8(15)16)1-2-12(5-9(17)18)6-10(19)20;4*11-9(12)7-5-3-1-2-4-6-8-10(13)14;8-6(9)4-2-1-3-5-7(10)11;1-3(5(8)9)2-4(6)7;1-2-3-4-5;1-2-3-4(5)6;4-2(5)1-3(6)7;3-1-2(4)5/h1-6H2,(H,13,14)(H,15,16)(H,17,18)(H,19,20);4*1-8H2,(H,11,12)(H,13,14);1-5H2,(H,8,9)(H,10,11);1-2H2,(H,6,7)(H,8,9);2-5H2,1H3;2-3H2,1H3,(H,5,6);1H2,(H,4,5)(H,6,7);3H,1H2,(H,4,5). The molecule has 23 N–H and O–H groups in total. The zero-order valence-corrected chi connectivity index (χ0v) is 68.3. The van der Waals surface area contributed by atoms with Crippen molar-refractivity contribution in [3.05, 3.63) is 12.2 Å². The first-order valence-corrected chi connectivity index (χ1v) is 38.3. The van der Waals surface area contributed by atoms with Crippen LogP contribution in [0.25, 0.3) is 0 Å². The predicted molar refractivity (Wildman–Crippen MR) is 421 cm³/mol. The summed E-state index contributed by atoms with van der Waals surface area (Å²) < 4.78 is 0. The monoisotopic (exact) mass is 1730 g/mol. The highest BCUT2D eigenvalue weighted by molar-refractivity contribution is 5.91. The largest absolute Gasteiger partial charge is 0.481 e. The molecule has 0 aromatic heterocycles. The van der Waals surface area contributed by atoms with E-state index in [9.17, 15) is 91.1 Å². The van der Waals surface area contributed by atoms with Crippen LogP contribution in [0.3, 0.4) is 0 Å². The molecule has 0 saturated heterocycles. The Balaban J connectivity index is -0.000000122. The zero-order chi connectivity index (χ0) is 94.3. The summed E-state index contributed by atoms with van der Waals surface area (Å²) in [4.78, 5) is 203. The molecule has 0 heterocycles. The second-order valence-electron chi connectivity index (χ2n) is 25.3. The van der Waals surface area contributed by atoms with E-state index in [0.29, 0.717) is 25.7 Å². The lowest BCUT2D eigenvalue weighted by atomic mass is 10.1. The molecule has 0 radical (unpaired) electrons. The number of nitrogens with two attached hydrogens (primary N) is 1. The Morgan fingerprint density at radius 3 is 0.454 bits per heavy atom. The molecule has 0 aliphatic carbocycles. The Morgan fingerprint density at radius 1 is 0.218 bits per heavy atom. The first-order valence-electron chi connectivity index (χ1n) is 38.3. The van der Waals surface area contributed by atoms with Crippen molar-refractivity contribution in [3.8, 4) is 0 Å². The third-order valence-corrected chi connectivity index (χ3v) is 13.7. The lowest BCUT2D eigenvalue weighted by molar-refractivity contribution is -0.148. The Kier molecular flexibility index (Phi) is 112. The normalized spacial score (nSPS) is 9.56. The van der Waals surface area contributed by atoms with Crippen molar-refractivity contribution >= 4 is 119 Å². The second-order valence-corrected chi connectivity index (χ2v) is 25.3.